The van der Waals surface area contributed by atoms with E-state index in [0.717, 1.165) is 57.8 Å². The molecule has 0 aromatic rings. The van der Waals surface area contributed by atoms with E-state index in [2.05, 4.69) is 26.0 Å². The molecule has 72 heavy (non-hydrogen) atoms. The average Bonchev–Trinajstić information content (AvgIpc) is 3.34. The van der Waals surface area contributed by atoms with Crippen LogP contribution in [0, 0.1) is 0 Å². The van der Waals surface area contributed by atoms with Gasteiger partial charge in [-0.15, -0.1) is 0 Å². The van der Waals surface area contributed by atoms with Crippen molar-refractivity contribution in [3.8, 4) is 0 Å². The third kappa shape index (κ3) is 58.0. The predicted molar refractivity (Wildman–Crippen MR) is 305 cm³/mol. The van der Waals surface area contributed by atoms with Crippen LogP contribution in [-0.2, 0) is 32.7 Å². The summed E-state index contributed by atoms with van der Waals surface area (Å²) >= 11 is 0. The maximum Gasteiger partial charge on any atom is 0.306 e. The number of esters is 2. The van der Waals surface area contributed by atoms with E-state index in [1.165, 1.54) is 231 Å². The quantitative estimate of drug-likeness (QED) is 0.0195. The summed E-state index contributed by atoms with van der Waals surface area (Å²) in [5.74, 6) is -0.828. The van der Waals surface area contributed by atoms with Crippen LogP contribution in [0.4, 0.5) is 0 Å². The van der Waals surface area contributed by atoms with Crippen molar-refractivity contribution >= 4 is 19.8 Å². The van der Waals surface area contributed by atoms with E-state index in [4.69, 9.17) is 18.5 Å². The lowest BCUT2D eigenvalue weighted by Gasteiger charge is -2.28. The standard InChI is InChI=1S/C62H122NO8P/c1-6-8-10-12-14-16-18-20-21-22-23-24-25-26-27-28-29-30-31-32-33-34-35-36-37-38-39-40-41-42-43-45-46-48-50-52-54-61(64)68-58-60(59-70-72(66,67)69-57-56-63(3,4)5)71-62(65)55-53-51-49-47-44-19-17-15-13-11-9-7-2/h15,17,60H,6-14,16,18-59H2,1-5H3/b17-15-. The number of rotatable bonds is 59. The molecule has 0 amide bonds. The molecule has 0 saturated carbocycles. The molecule has 9 nitrogen and oxygen atoms in total. The Morgan fingerprint density at radius 1 is 0.417 bits per heavy atom. The highest BCUT2D eigenvalue weighted by Gasteiger charge is 2.22. The molecule has 0 aliphatic carbocycles. The first-order valence-electron chi connectivity index (χ1n) is 31.4. The van der Waals surface area contributed by atoms with Crippen LogP contribution in [-0.4, -0.2) is 70.0 Å². The van der Waals surface area contributed by atoms with Crippen molar-refractivity contribution in [2.24, 2.45) is 0 Å². The van der Waals surface area contributed by atoms with Crippen molar-refractivity contribution in [3.05, 3.63) is 12.2 Å². The average molecular weight is 1040 g/mol. The monoisotopic (exact) mass is 1040 g/mol. The highest BCUT2D eigenvalue weighted by molar-refractivity contribution is 7.45. The zero-order valence-electron chi connectivity index (χ0n) is 48.7. The Labute approximate surface area is 447 Å². The molecular formula is C62H122NO8P. The fourth-order valence-corrected chi connectivity index (χ4v) is 10.1. The van der Waals surface area contributed by atoms with Gasteiger partial charge in [0.05, 0.1) is 27.7 Å². The highest BCUT2D eigenvalue weighted by atomic mass is 31.2. The van der Waals surface area contributed by atoms with Crippen molar-refractivity contribution < 1.29 is 42.1 Å². The summed E-state index contributed by atoms with van der Waals surface area (Å²) in [6.45, 7) is 4.25. The molecule has 2 atom stereocenters. The summed E-state index contributed by atoms with van der Waals surface area (Å²) in [5, 5.41) is 0. The molecule has 0 saturated heterocycles. The predicted octanol–water partition coefficient (Wildman–Crippen LogP) is 19.0. The third-order valence-corrected chi connectivity index (χ3v) is 15.2. The smallest absolute Gasteiger partial charge is 0.306 e. The minimum atomic E-state index is -4.63. The second-order valence-corrected chi connectivity index (χ2v) is 24.2. The lowest BCUT2D eigenvalue weighted by Crippen LogP contribution is -2.37. The minimum Gasteiger partial charge on any atom is -0.756 e. The summed E-state index contributed by atoms with van der Waals surface area (Å²) in [4.78, 5) is 37.7. The fourth-order valence-electron chi connectivity index (χ4n) is 9.42. The van der Waals surface area contributed by atoms with Gasteiger partial charge in [0.1, 0.15) is 19.8 Å². The third-order valence-electron chi connectivity index (χ3n) is 14.3. The first-order valence-corrected chi connectivity index (χ1v) is 32.9. The molecule has 0 aliphatic rings. The van der Waals surface area contributed by atoms with E-state index in [1.807, 2.05) is 21.1 Å². The van der Waals surface area contributed by atoms with Gasteiger partial charge >= 0.3 is 11.9 Å². The van der Waals surface area contributed by atoms with Gasteiger partial charge in [0.25, 0.3) is 7.82 Å². The summed E-state index contributed by atoms with van der Waals surface area (Å²) < 4.78 is 34.1. The molecule has 0 bridgehead atoms. The molecule has 0 radical (unpaired) electrons. The number of allylic oxidation sites excluding steroid dienone is 2. The van der Waals surface area contributed by atoms with Gasteiger partial charge < -0.3 is 27.9 Å². The van der Waals surface area contributed by atoms with E-state index in [0.29, 0.717) is 17.4 Å². The van der Waals surface area contributed by atoms with E-state index >= 15 is 0 Å². The Morgan fingerprint density at radius 3 is 1.06 bits per heavy atom. The van der Waals surface area contributed by atoms with E-state index in [-0.39, 0.29) is 32.0 Å². The van der Waals surface area contributed by atoms with E-state index in [1.54, 1.807) is 0 Å². The molecule has 0 fully saturated rings. The molecule has 2 unspecified atom stereocenters. The number of nitrogens with zero attached hydrogens (tertiary/aromatic N) is 1. The van der Waals surface area contributed by atoms with Crippen LogP contribution in [0.3, 0.4) is 0 Å². The number of hydrogen-bond acceptors (Lipinski definition) is 8. The molecule has 0 spiro atoms. The molecule has 0 rings (SSSR count). The van der Waals surface area contributed by atoms with Crippen LogP contribution in [0.2, 0.25) is 0 Å². The molecule has 10 heteroatoms. The van der Waals surface area contributed by atoms with Crippen LogP contribution in [0.25, 0.3) is 0 Å². The maximum atomic E-state index is 12.7. The largest absolute Gasteiger partial charge is 0.756 e. The van der Waals surface area contributed by atoms with Crippen molar-refractivity contribution in [3.63, 3.8) is 0 Å². The molecule has 428 valence electrons. The van der Waals surface area contributed by atoms with Crippen molar-refractivity contribution in [2.45, 2.75) is 328 Å². The molecule has 0 aromatic carbocycles. The second kappa shape index (κ2) is 54.5. The second-order valence-electron chi connectivity index (χ2n) is 22.8. The number of quaternary nitrogens is 1. The van der Waals surface area contributed by atoms with Crippen LogP contribution < -0.4 is 4.89 Å². The van der Waals surface area contributed by atoms with Crippen LogP contribution in [0.15, 0.2) is 12.2 Å². The molecule has 0 aromatic heterocycles. The molecule has 0 heterocycles. The van der Waals surface area contributed by atoms with Crippen molar-refractivity contribution in [1.82, 2.24) is 0 Å². The Morgan fingerprint density at radius 2 is 0.708 bits per heavy atom. The molecular weight excluding hydrogens is 918 g/mol. The number of unbranched alkanes of at least 4 members (excludes halogenated alkanes) is 43. The summed E-state index contributed by atoms with van der Waals surface area (Å²) in [5.41, 5.74) is 0. The Bertz CT molecular complexity index is 1220. The Balaban J connectivity index is 3.84. The SMILES string of the molecule is CCCCC/C=C\CCCCCCCC(=O)OC(COC(=O)CCCCCCCCCCCCCCCCCCCCCCCCCCCCCCCCCCCCCC)COP(=O)([O-])OCC[N+](C)(C)C. The first kappa shape index (κ1) is 70.8. The Hall–Kier alpha value is -1.25. The van der Waals surface area contributed by atoms with Gasteiger partial charge in [-0.05, 0) is 38.5 Å². The van der Waals surface area contributed by atoms with Gasteiger partial charge in [-0.25, -0.2) is 0 Å². The lowest BCUT2D eigenvalue weighted by atomic mass is 10.0. The van der Waals surface area contributed by atoms with E-state index in [9.17, 15) is 19.0 Å². The van der Waals surface area contributed by atoms with Crippen LogP contribution in [0.1, 0.15) is 322 Å². The fraction of sp³-hybridized carbons (Fsp3) is 0.935. The van der Waals surface area contributed by atoms with Gasteiger partial charge in [-0.1, -0.05) is 283 Å². The zero-order chi connectivity index (χ0) is 52.7. The summed E-state index contributed by atoms with van der Waals surface area (Å²) in [6, 6.07) is 0. The summed E-state index contributed by atoms with van der Waals surface area (Å²) in [7, 11) is 1.18. The summed E-state index contributed by atoms with van der Waals surface area (Å²) in [6.07, 6.45) is 64.6. The molecule has 0 aliphatic heterocycles. The van der Waals surface area contributed by atoms with Gasteiger partial charge in [0.2, 0.25) is 0 Å². The zero-order valence-corrected chi connectivity index (χ0v) is 49.6. The van der Waals surface area contributed by atoms with Crippen molar-refractivity contribution in [1.29, 1.82) is 0 Å². The number of carbonyl (C=O) groups is 2. The molecule has 0 N–H and O–H groups in total. The van der Waals surface area contributed by atoms with Crippen molar-refractivity contribution in [2.75, 3.05) is 47.5 Å². The number of hydrogen-bond donors (Lipinski definition) is 0. The number of phosphoric ester groups is 1. The Kier molecular flexibility index (Phi) is 53.6. The first-order chi connectivity index (χ1) is 35.0. The van der Waals surface area contributed by atoms with Crippen LogP contribution >= 0.6 is 7.82 Å². The highest BCUT2D eigenvalue weighted by Crippen LogP contribution is 2.38. The van der Waals surface area contributed by atoms with Gasteiger partial charge in [-0.2, -0.15) is 0 Å². The lowest BCUT2D eigenvalue weighted by molar-refractivity contribution is -0.870. The number of likely N-dealkylation sites (N-methyl/N-ethyl adjacent to an activating group) is 1. The van der Waals surface area contributed by atoms with Gasteiger partial charge in [0, 0.05) is 12.8 Å². The number of phosphoric acid groups is 1. The maximum absolute atomic E-state index is 12.7. The number of ether oxygens (including phenoxy) is 2. The van der Waals surface area contributed by atoms with Gasteiger partial charge in [0.15, 0.2) is 6.10 Å². The number of carbonyl (C=O) groups excluding carboxylic acids is 2. The van der Waals surface area contributed by atoms with Gasteiger partial charge in [-0.3, -0.25) is 14.2 Å². The normalized spacial score (nSPS) is 13.2. The minimum absolute atomic E-state index is 0.0290. The van der Waals surface area contributed by atoms with E-state index < -0.39 is 26.5 Å². The van der Waals surface area contributed by atoms with Crippen LogP contribution in [0.5, 0.6) is 0 Å². The topological polar surface area (TPSA) is 111 Å².